The molecule has 182 valence electrons. The highest BCUT2D eigenvalue weighted by Crippen LogP contribution is 2.41. The van der Waals surface area contributed by atoms with Crippen LogP contribution in [0.5, 0.6) is 0 Å². The normalized spacial score (nSPS) is 14.1. The fourth-order valence-electron chi connectivity index (χ4n) is 3.23. The predicted octanol–water partition coefficient (Wildman–Crippen LogP) is 4.10. The number of amides is 1. The van der Waals surface area contributed by atoms with Crippen molar-refractivity contribution >= 4 is 17.4 Å². The Balaban J connectivity index is 2.25. The number of carbonyl (C=O) groups excluding carboxylic acids is 1. The number of rotatable bonds is 5. The maximum absolute atomic E-state index is 14.0. The van der Waals surface area contributed by atoms with Gasteiger partial charge in [-0.1, -0.05) is 25.6 Å². The molecule has 1 unspecified atom stereocenters. The summed E-state index contributed by atoms with van der Waals surface area (Å²) in [5, 5.41) is 12.5. The zero-order valence-electron chi connectivity index (χ0n) is 17.8. The Labute approximate surface area is 188 Å². The van der Waals surface area contributed by atoms with Gasteiger partial charge in [0.2, 0.25) is 0 Å². The summed E-state index contributed by atoms with van der Waals surface area (Å²) in [4.78, 5) is 19.7. The molecule has 3 aromatic rings. The summed E-state index contributed by atoms with van der Waals surface area (Å²) in [6.07, 6.45) is -8.46. The first-order chi connectivity index (χ1) is 15.6. The molecule has 0 saturated heterocycles. The average molecular weight is 487 g/mol. The molecule has 4 N–H and O–H groups in total. The lowest BCUT2D eigenvalue weighted by Gasteiger charge is -2.30. The summed E-state index contributed by atoms with van der Waals surface area (Å²) in [6.45, 7) is 6.44. The van der Waals surface area contributed by atoms with Crippen LogP contribution in [0.4, 0.5) is 32.2 Å². The Bertz CT molecular complexity index is 1280. The number of aliphatic hydroxyl groups is 1. The van der Waals surface area contributed by atoms with Gasteiger partial charge in [-0.25, -0.2) is 9.97 Å². The monoisotopic (exact) mass is 487 g/mol. The summed E-state index contributed by atoms with van der Waals surface area (Å²) >= 11 is 0. The zero-order chi connectivity index (χ0) is 25.6. The Hall–Kier alpha value is -3.61. The van der Waals surface area contributed by atoms with Gasteiger partial charge in [0.25, 0.3) is 11.5 Å². The first kappa shape index (κ1) is 25.0. The highest BCUT2D eigenvalue weighted by Gasteiger charge is 2.61. The van der Waals surface area contributed by atoms with Crippen molar-refractivity contribution in [2.45, 2.75) is 38.2 Å². The molecule has 0 aliphatic carbocycles. The third kappa shape index (κ3) is 4.18. The van der Waals surface area contributed by atoms with E-state index in [-0.39, 0.29) is 29.0 Å². The van der Waals surface area contributed by atoms with Crippen LogP contribution in [-0.2, 0) is 16.6 Å². The number of hydrogen-bond donors (Lipinski definition) is 3. The molecular weight excluding hydrogens is 468 g/mol. The van der Waals surface area contributed by atoms with Crippen molar-refractivity contribution in [3.8, 4) is 11.3 Å². The molecule has 2 heterocycles. The van der Waals surface area contributed by atoms with Crippen LogP contribution >= 0.6 is 0 Å². The number of fused-ring (bicyclic) bond motifs is 1. The lowest BCUT2D eigenvalue weighted by atomic mass is 9.88. The Kier molecular flexibility index (Phi) is 6.12. The van der Waals surface area contributed by atoms with Gasteiger partial charge in [-0.2, -0.15) is 26.3 Å². The maximum atomic E-state index is 14.0. The van der Waals surface area contributed by atoms with E-state index in [1.807, 2.05) is 5.32 Å². The van der Waals surface area contributed by atoms with E-state index in [0.29, 0.717) is 11.8 Å². The number of aromatic nitrogens is 3. The first-order valence-electron chi connectivity index (χ1n) is 9.71. The number of carbonyl (C=O) groups is 1. The van der Waals surface area contributed by atoms with E-state index in [9.17, 15) is 36.2 Å². The van der Waals surface area contributed by atoms with Crippen molar-refractivity contribution < 1.29 is 36.2 Å². The van der Waals surface area contributed by atoms with Crippen molar-refractivity contribution in [3.05, 3.63) is 59.7 Å². The van der Waals surface area contributed by atoms with Crippen LogP contribution in [0, 0.1) is 6.92 Å². The van der Waals surface area contributed by atoms with Gasteiger partial charge < -0.3 is 16.2 Å². The Morgan fingerprint density at radius 3 is 2.44 bits per heavy atom. The molecule has 3 rings (SSSR count). The molecular formula is C21H19F6N5O2. The van der Waals surface area contributed by atoms with Gasteiger partial charge in [0.15, 0.2) is 17.2 Å². The molecule has 0 aliphatic heterocycles. The number of benzene rings is 1. The van der Waals surface area contributed by atoms with Gasteiger partial charge in [-0.3, -0.25) is 9.20 Å². The highest BCUT2D eigenvalue weighted by atomic mass is 19.4. The second-order valence-electron chi connectivity index (χ2n) is 7.50. The lowest BCUT2D eigenvalue weighted by Crippen LogP contribution is -2.54. The van der Waals surface area contributed by atoms with Crippen molar-refractivity contribution in [2.24, 2.45) is 0 Å². The largest absolute Gasteiger partial charge is 0.434 e. The molecule has 13 heteroatoms. The topological polar surface area (TPSA) is 106 Å². The molecule has 0 fully saturated rings. The number of anilines is 1. The van der Waals surface area contributed by atoms with Crippen LogP contribution in [0.3, 0.4) is 0 Å². The van der Waals surface area contributed by atoms with E-state index >= 15 is 0 Å². The number of nitrogens with zero attached hydrogens (tertiary/aromatic N) is 3. The molecule has 34 heavy (non-hydrogen) atoms. The van der Waals surface area contributed by atoms with E-state index in [4.69, 9.17) is 5.73 Å². The fraction of sp³-hybridized carbons (Fsp3) is 0.286. The quantitative estimate of drug-likeness (QED) is 0.470. The van der Waals surface area contributed by atoms with Gasteiger partial charge >= 0.3 is 12.4 Å². The van der Waals surface area contributed by atoms with Crippen molar-refractivity contribution in [1.29, 1.82) is 0 Å². The SMILES string of the molecule is C=C(CC)NC(=O)C(O)(c1ccc(C)c(-c2cnc3c(N)nc(C(F)(F)F)cn23)c1)C(F)(F)F. The van der Waals surface area contributed by atoms with E-state index in [2.05, 4.69) is 16.5 Å². The van der Waals surface area contributed by atoms with E-state index in [0.717, 1.165) is 22.7 Å². The summed E-state index contributed by atoms with van der Waals surface area (Å²) in [5.41, 5.74) is -0.518. The number of nitrogens with two attached hydrogens (primary N) is 1. The zero-order valence-corrected chi connectivity index (χ0v) is 17.8. The first-order valence-corrected chi connectivity index (χ1v) is 9.71. The third-order valence-electron chi connectivity index (χ3n) is 5.20. The molecule has 0 radical (unpaired) electrons. The molecule has 0 spiro atoms. The number of aryl methyl sites for hydroxylation is 1. The van der Waals surface area contributed by atoms with Gasteiger partial charge in [0.05, 0.1) is 11.9 Å². The summed E-state index contributed by atoms with van der Waals surface area (Å²) in [6, 6.07) is 2.96. The van der Waals surface area contributed by atoms with E-state index in [1.54, 1.807) is 6.92 Å². The lowest BCUT2D eigenvalue weighted by molar-refractivity contribution is -0.256. The maximum Gasteiger partial charge on any atom is 0.434 e. The van der Waals surface area contributed by atoms with E-state index < -0.39 is 40.9 Å². The minimum absolute atomic E-state index is 0.0199. The number of hydrogen-bond acceptors (Lipinski definition) is 5. The predicted molar refractivity (Wildman–Crippen MR) is 110 cm³/mol. The summed E-state index contributed by atoms with van der Waals surface area (Å²) < 4.78 is 82.5. The van der Waals surface area contributed by atoms with Gasteiger partial charge in [0, 0.05) is 23.0 Å². The smallest absolute Gasteiger partial charge is 0.381 e. The van der Waals surface area contributed by atoms with Crippen LogP contribution in [0.15, 0.2) is 42.9 Å². The molecule has 1 atom stereocenters. The van der Waals surface area contributed by atoms with Crippen LogP contribution in [0.1, 0.15) is 30.2 Å². The van der Waals surface area contributed by atoms with Crippen molar-refractivity contribution in [3.63, 3.8) is 0 Å². The van der Waals surface area contributed by atoms with Crippen LogP contribution in [0.2, 0.25) is 0 Å². The van der Waals surface area contributed by atoms with Crippen LogP contribution < -0.4 is 11.1 Å². The Morgan fingerprint density at radius 1 is 1.24 bits per heavy atom. The number of alkyl halides is 6. The fourth-order valence-corrected chi connectivity index (χ4v) is 3.23. The van der Waals surface area contributed by atoms with Gasteiger partial charge in [0.1, 0.15) is 0 Å². The molecule has 1 amide bonds. The Morgan fingerprint density at radius 2 is 1.88 bits per heavy atom. The third-order valence-corrected chi connectivity index (χ3v) is 5.20. The highest BCUT2D eigenvalue weighted by molar-refractivity contribution is 5.89. The van der Waals surface area contributed by atoms with Crippen molar-refractivity contribution in [1.82, 2.24) is 19.7 Å². The standard InChI is InChI=1S/C21H19F6N5O2/c1-4-11(3)30-18(33)19(34,21(25,26)27)12-6-5-10(2)13(7-12)14-8-29-17-16(28)31-15(9-32(14)17)20(22,23)24/h5-9,34H,3-4H2,1-2H3,(H2,28,31)(H,30,33). The molecule has 7 nitrogen and oxygen atoms in total. The molecule has 2 aromatic heterocycles. The number of imidazole rings is 1. The molecule has 0 saturated carbocycles. The van der Waals surface area contributed by atoms with Gasteiger partial charge in [-0.15, -0.1) is 0 Å². The van der Waals surface area contributed by atoms with Crippen LogP contribution in [0.25, 0.3) is 16.9 Å². The molecule has 1 aromatic carbocycles. The number of allylic oxidation sites excluding steroid dienone is 1. The molecule has 0 aliphatic rings. The minimum atomic E-state index is -5.44. The second-order valence-corrected chi connectivity index (χ2v) is 7.50. The number of halogens is 6. The summed E-state index contributed by atoms with van der Waals surface area (Å²) in [5.74, 6) is -2.31. The van der Waals surface area contributed by atoms with E-state index in [1.165, 1.54) is 13.0 Å². The number of nitrogen functional groups attached to an aromatic ring is 1. The summed E-state index contributed by atoms with van der Waals surface area (Å²) in [7, 11) is 0. The van der Waals surface area contributed by atoms with Crippen molar-refractivity contribution in [2.75, 3.05) is 5.73 Å². The molecule has 0 bridgehead atoms. The minimum Gasteiger partial charge on any atom is -0.381 e. The van der Waals surface area contributed by atoms with Gasteiger partial charge in [-0.05, 0) is 25.0 Å². The second kappa shape index (κ2) is 8.31. The van der Waals surface area contributed by atoms with Crippen LogP contribution in [-0.4, -0.2) is 31.6 Å². The number of nitrogens with one attached hydrogen (secondary N) is 1. The average Bonchev–Trinajstić information content (AvgIpc) is 3.16.